The maximum atomic E-state index is 4.78. The second-order valence-electron chi connectivity index (χ2n) is 6.07. The molecule has 5 aromatic rings. The number of rotatable bonds is 3. The van der Waals surface area contributed by atoms with Gasteiger partial charge in [0.25, 0.3) is 0 Å². The van der Waals surface area contributed by atoms with E-state index >= 15 is 0 Å². The van der Waals surface area contributed by atoms with Gasteiger partial charge in [0.1, 0.15) is 5.82 Å². The van der Waals surface area contributed by atoms with E-state index in [0.717, 1.165) is 57.3 Å². The van der Waals surface area contributed by atoms with Crippen LogP contribution in [0, 0.1) is 0 Å². The van der Waals surface area contributed by atoms with Crippen LogP contribution in [0.25, 0.3) is 33.0 Å². The average Bonchev–Trinajstić information content (AvgIpc) is 3.10. The SMILES string of the molecule is c1cnc2nc(CCc3nc4c(ccc5ncccc54)[nH]3)ccc2c1. The molecule has 1 N–H and O–H groups in total. The van der Waals surface area contributed by atoms with E-state index < -0.39 is 0 Å². The highest BCUT2D eigenvalue weighted by molar-refractivity contribution is 6.02. The molecule has 4 heterocycles. The minimum absolute atomic E-state index is 0.793. The van der Waals surface area contributed by atoms with Gasteiger partial charge in [-0.1, -0.05) is 0 Å². The summed E-state index contributed by atoms with van der Waals surface area (Å²) in [6.07, 6.45) is 5.21. The van der Waals surface area contributed by atoms with Crippen LogP contribution < -0.4 is 0 Å². The normalized spacial score (nSPS) is 11.5. The number of aromatic amines is 1. The Morgan fingerprint density at radius 1 is 0.800 bits per heavy atom. The fourth-order valence-electron chi connectivity index (χ4n) is 3.17. The molecule has 0 aliphatic carbocycles. The summed E-state index contributed by atoms with van der Waals surface area (Å²) >= 11 is 0. The predicted octanol–water partition coefficient (Wildman–Crippen LogP) is 3.84. The molecular formula is C20H15N5. The van der Waals surface area contributed by atoms with Gasteiger partial charge in [-0.15, -0.1) is 0 Å². The lowest BCUT2D eigenvalue weighted by atomic mass is 10.2. The van der Waals surface area contributed by atoms with Gasteiger partial charge in [-0.2, -0.15) is 0 Å². The van der Waals surface area contributed by atoms with Gasteiger partial charge < -0.3 is 4.98 Å². The third-order valence-corrected chi connectivity index (χ3v) is 4.42. The molecule has 1 aromatic carbocycles. The third kappa shape index (κ3) is 2.50. The molecule has 0 atom stereocenters. The van der Waals surface area contributed by atoms with E-state index in [1.807, 2.05) is 30.3 Å². The van der Waals surface area contributed by atoms with Crippen LogP contribution in [0.4, 0.5) is 0 Å². The summed E-state index contributed by atoms with van der Waals surface area (Å²) in [5, 5.41) is 2.14. The van der Waals surface area contributed by atoms with Crippen molar-refractivity contribution in [1.82, 2.24) is 24.9 Å². The monoisotopic (exact) mass is 325 g/mol. The summed E-state index contributed by atoms with van der Waals surface area (Å²) in [7, 11) is 0. The molecule has 0 bridgehead atoms. The molecule has 0 aliphatic rings. The Morgan fingerprint density at radius 3 is 2.72 bits per heavy atom. The molecule has 0 spiro atoms. The van der Waals surface area contributed by atoms with E-state index in [2.05, 4.69) is 38.1 Å². The maximum absolute atomic E-state index is 4.78. The number of nitrogens with one attached hydrogen (secondary N) is 1. The molecule has 5 nitrogen and oxygen atoms in total. The summed E-state index contributed by atoms with van der Waals surface area (Å²) in [6.45, 7) is 0. The van der Waals surface area contributed by atoms with Crippen molar-refractivity contribution in [3.8, 4) is 0 Å². The first-order valence-electron chi connectivity index (χ1n) is 8.30. The molecule has 0 unspecified atom stereocenters. The minimum atomic E-state index is 0.793. The Hall–Kier alpha value is -3.34. The van der Waals surface area contributed by atoms with Crippen LogP contribution in [-0.2, 0) is 12.8 Å². The third-order valence-electron chi connectivity index (χ3n) is 4.42. The molecule has 5 rings (SSSR count). The molecule has 0 aliphatic heterocycles. The lowest BCUT2D eigenvalue weighted by molar-refractivity contribution is 0.865. The first-order chi connectivity index (χ1) is 12.4. The van der Waals surface area contributed by atoms with Crippen molar-refractivity contribution >= 4 is 33.0 Å². The average molecular weight is 325 g/mol. The molecule has 4 aromatic heterocycles. The Bertz CT molecular complexity index is 1210. The van der Waals surface area contributed by atoms with Crippen molar-refractivity contribution in [3.63, 3.8) is 0 Å². The number of fused-ring (bicyclic) bond motifs is 4. The van der Waals surface area contributed by atoms with E-state index in [4.69, 9.17) is 4.98 Å². The number of hydrogen-bond donors (Lipinski definition) is 1. The van der Waals surface area contributed by atoms with E-state index in [1.165, 1.54) is 0 Å². The van der Waals surface area contributed by atoms with Gasteiger partial charge in [0.15, 0.2) is 5.65 Å². The molecular weight excluding hydrogens is 310 g/mol. The van der Waals surface area contributed by atoms with E-state index in [9.17, 15) is 0 Å². The largest absolute Gasteiger partial charge is 0.342 e. The number of aromatic nitrogens is 5. The van der Waals surface area contributed by atoms with Crippen molar-refractivity contribution in [1.29, 1.82) is 0 Å². The minimum Gasteiger partial charge on any atom is -0.342 e. The van der Waals surface area contributed by atoms with Crippen LogP contribution in [0.15, 0.2) is 60.9 Å². The summed E-state index contributed by atoms with van der Waals surface area (Å²) < 4.78 is 0. The van der Waals surface area contributed by atoms with Crippen molar-refractivity contribution in [2.45, 2.75) is 12.8 Å². The maximum Gasteiger partial charge on any atom is 0.159 e. The Kier molecular flexibility index (Phi) is 3.16. The quantitative estimate of drug-likeness (QED) is 0.547. The fourth-order valence-corrected chi connectivity index (χ4v) is 3.17. The zero-order valence-electron chi connectivity index (χ0n) is 13.5. The van der Waals surface area contributed by atoms with Crippen LogP contribution >= 0.6 is 0 Å². The zero-order valence-corrected chi connectivity index (χ0v) is 13.5. The van der Waals surface area contributed by atoms with Crippen molar-refractivity contribution in [2.75, 3.05) is 0 Å². The number of H-pyrrole nitrogens is 1. The second kappa shape index (κ2) is 5.63. The van der Waals surface area contributed by atoms with Gasteiger partial charge in [-0.25, -0.2) is 15.0 Å². The van der Waals surface area contributed by atoms with Crippen LogP contribution in [0.2, 0.25) is 0 Å². The van der Waals surface area contributed by atoms with Gasteiger partial charge in [-0.05, 0) is 55.0 Å². The Morgan fingerprint density at radius 2 is 1.72 bits per heavy atom. The van der Waals surface area contributed by atoms with Crippen LogP contribution in [-0.4, -0.2) is 24.9 Å². The highest BCUT2D eigenvalue weighted by Crippen LogP contribution is 2.22. The first kappa shape index (κ1) is 14.0. The predicted molar refractivity (Wildman–Crippen MR) is 98.3 cm³/mol. The fraction of sp³-hybridized carbons (Fsp3) is 0.100. The lowest BCUT2D eigenvalue weighted by Gasteiger charge is -2.01. The topological polar surface area (TPSA) is 67.3 Å². The molecule has 0 fully saturated rings. The van der Waals surface area contributed by atoms with E-state index in [1.54, 1.807) is 12.4 Å². The van der Waals surface area contributed by atoms with Crippen molar-refractivity contribution in [2.24, 2.45) is 0 Å². The zero-order chi connectivity index (χ0) is 16.6. The first-order valence-corrected chi connectivity index (χ1v) is 8.30. The molecule has 25 heavy (non-hydrogen) atoms. The van der Waals surface area contributed by atoms with Gasteiger partial charge in [0, 0.05) is 35.3 Å². The highest BCUT2D eigenvalue weighted by atomic mass is 14.9. The molecule has 5 heteroatoms. The highest BCUT2D eigenvalue weighted by Gasteiger charge is 2.08. The molecule has 0 amide bonds. The van der Waals surface area contributed by atoms with Crippen LogP contribution in [0.3, 0.4) is 0 Å². The number of nitrogens with zero attached hydrogens (tertiary/aromatic N) is 4. The van der Waals surface area contributed by atoms with Gasteiger partial charge in [-0.3, -0.25) is 4.98 Å². The molecule has 0 saturated carbocycles. The van der Waals surface area contributed by atoms with Gasteiger partial charge in [0.2, 0.25) is 0 Å². The Labute approximate surface area is 143 Å². The molecule has 120 valence electrons. The summed E-state index contributed by atoms with van der Waals surface area (Å²) in [5.74, 6) is 0.967. The van der Waals surface area contributed by atoms with E-state index in [0.29, 0.717) is 0 Å². The number of hydrogen-bond acceptors (Lipinski definition) is 4. The van der Waals surface area contributed by atoms with Crippen LogP contribution in [0.5, 0.6) is 0 Å². The smallest absolute Gasteiger partial charge is 0.159 e. The number of aryl methyl sites for hydroxylation is 2. The second-order valence-corrected chi connectivity index (χ2v) is 6.07. The van der Waals surface area contributed by atoms with Crippen molar-refractivity contribution < 1.29 is 0 Å². The van der Waals surface area contributed by atoms with Crippen molar-refractivity contribution in [3.05, 3.63) is 72.4 Å². The number of benzene rings is 1. The standard InChI is InChI=1S/C20H15N5/c1-3-13-5-6-14(23-20(13)22-12-1)7-10-18-24-17-9-8-16-15(19(17)25-18)4-2-11-21-16/h1-6,8-9,11-12H,7,10H2,(H,24,25). The van der Waals surface area contributed by atoms with Crippen LogP contribution in [0.1, 0.15) is 11.5 Å². The number of pyridine rings is 3. The molecule has 0 saturated heterocycles. The van der Waals surface area contributed by atoms with E-state index in [-0.39, 0.29) is 0 Å². The summed E-state index contributed by atoms with van der Waals surface area (Å²) in [5.41, 5.74) is 4.81. The van der Waals surface area contributed by atoms with Gasteiger partial charge in [0.05, 0.1) is 16.6 Å². The molecule has 0 radical (unpaired) electrons. The summed E-state index contributed by atoms with van der Waals surface area (Å²) in [4.78, 5) is 21.5. The lowest BCUT2D eigenvalue weighted by Crippen LogP contribution is -1.97. The number of imidazole rings is 1. The van der Waals surface area contributed by atoms with Gasteiger partial charge >= 0.3 is 0 Å². The summed E-state index contributed by atoms with van der Waals surface area (Å²) in [6, 6.07) is 16.2. The Balaban J connectivity index is 1.46.